The number of aryl methyl sites for hydroxylation is 2. The van der Waals surface area contributed by atoms with Crippen molar-refractivity contribution >= 4 is 33.5 Å². The third kappa shape index (κ3) is 6.20. The Bertz CT molecular complexity index is 1150. The fourth-order valence-electron chi connectivity index (χ4n) is 3.22. The summed E-state index contributed by atoms with van der Waals surface area (Å²) in [7, 11) is -1.88. The summed E-state index contributed by atoms with van der Waals surface area (Å²) in [4.78, 5) is 36.9. The number of anilines is 1. The van der Waals surface area contributed by atoms with Crippen molar-refractivity contribution in [2.24, 2.45) is 7.05 Å². The molecule has 1 atom stereocenters. The lowest BCUT2D eigenvalue weighted by atomic mass is 10.2. The van der Waals surface area contributed by atoms with Gasteiger partial charge in [0.2, 0.25) is 10.0 Å². The van der Waals surface area contributed by atoms with Gasteiger partial charge in [0.05, 0.1) is 22.0 Å². The van der Waals surface area contributed by atoms with Crippen molar-refractivity contribution in [3.63, 3.8) is 0 Å². The molecule has 2 amide bonds. The SMILES string of the molecule is CCN(CC)S(=O)(=O)c1ccc(C(=O)NCC(=O)OC(C)C(=O)Nc2c(C)nn(C)c2C)cc1. The number of nitrogens with zero attached hydrogens (tertiary/aromatic N) is 3. The van der Waals surface area contributed by atoms with Crippen LogP contribution in [0.2, 0.25) is 0 Å². The van der Waals surface area contributed by atoms with Crippen LogP contribution in [0.25, 0.3) is 0 Å². The van der Waals surface area contributed by atoms with E-state index in [-0.39, 0.29) is 10.5 Å². The molecule has 0 aliphatic heterocycles. The minimum absolute atomic E-state index is 0.0751. The molecule has 0 radical (unpaired) electrons. The summed E-state index contributed by atoms with van der Waals surface area (Å²) in [6, 6.07) is 5.42. The topological polar surface area (TPSA) is 140 Å². The zero-order valence-electron chi connectivity index (χ0n) is 20.2. The molecule has 2 N–H and O–H groups in total. The number of hydrogen-bond donors (Lipinski definition) is 2. The summed E-state index contributed by atoms with van der Waals surface area (Å²) >= 11 is 0. The van der Waals surface area contributed by atoms with E-state index in [2.05, 4.69) is 15.7 Å². The minimum Gasteiger partial charge on any atom is -0.451 e. The Labute approximate surface area is 199 Å². The van der Waals surface area contributed by atoms with Gasteiger partial charge in [-0.2, -0.15) is 9.40 Å². The Kier molecular flexibility index (Phi) is 8.93. The van der Waals surface area contributed by atoms with Gasteiger partial charge in [-0.3, -0.25) is 19.1 Å². The molecule has 11 nitrogen and oxygen atoms in total. The van der Waals surface area contributed by atoms with Crippen molar-refractivity contribution in [1.82, 2.24) is 19.4 Å². The first-order chi connectivity index (χ1) is 15.9. The Balaban J connectivity index is 1.91. The molecule has 0 aliphatic rings. The van der Waals surface area contributed by atoms with E-state index in [0.29, 0.717) is 24.5 Å². The van der Waals surface area contributed by atoms with Gasteiger partial charge < -0.3 is 15.4 Å². The molecule has 0 fully saturated rings. The fourth-order valence-corrected chi connectivity index (χ4v) is 4.68. The molecule has 0 saturated heterocycles. The number of amides is 2. The Morgan fingerprint density at radius 1 is 1.12 bits per heavy atom. The van der Waals surface area contributed by atoms with Crippen LogP contribution >= 0.6 is 0 Å². The molecule has 186 valence electrons. The Hall–Kier alpha value is -3.25. The van der Waals surface area contributed by atoms with Crippen LogP contribution in [-0.2, 0) is 31.4 Å². The molecule has 2 aromatic rings. The number of ether oxygens (including phenoxy) is 1. The largest absolute Gasteiger partial charge is 0.451 e. The van der Waals surface area contributed by atoms with E-state index in [1.165, 1.54) is 35.5 Å². The number of rotatable bonds is 10. The van der Waals surface area contributed by atoms with Crippen LogP contribution in [0.1, 0.15) is 42.5 Å². The summed E-state index contributed by atoms with van der Waals surface area (Å²) in [5.41, 5.74) is 2.12. The van der Waals surface area contributed by atoms with Crippen LogP contribution < -0.4 is 10.6 Å². The zero-order valence-corrected chi connectivity index (χ0v) is 21.0. The first-order valence-corrected chi connectivity index (χ1v) is 12.2. The third-order valence-corrected chi connectivity index (χ3v) is 7.35. The second-order valence-corrected chi connectivity index (χ2v) is 9.53. The number of aromatic nitrogens is 2. The van der Waals surface area contributed by atoms with Crippen LogP contribution in [0.15, 0.2) is 29.2 Å². The number of benzene rings is 1. The average Bonchev–Trinajstić information content (AvgIpc) is 3.03. The number of carbonyl (C=O) groups is 3. The molecule has 2 rings (SSSR count). The zero-order chi connectivity index (χ0) is 25.6. The lowest BCUT2D eigenvalue weighted by molar-refractivity contribution is -0.152. The second-order valence-electron chi connectivity index (χ2n) is 7.59. The van der Waals surface area contributed by atoms with Crippen molar-refractivity contribution < 1.29 is 27.5 Å². The number of sulfonamides is 1. The molecule has 1 unspecified atom stereocenters. The predicted octanol–water partition coefficient (Wildman–Crippen LogP) is 1.37. The van der Waals surface area contributed by atoms with E-state index < -0.39 is 40.5 Å². The monoisotopic (exact) mass is 493 g/mol. The van der Waals surface area contributed by atoms with Gasteiger partial charge in [0.15, 0.2) is 6.10 Å². The van der Waals surface area contributed by atoms with Gasteiger partial charge in [-0.15, -0.1) is 0 Å². The molecule has 12 heteroatoms. The molecule has 1 heterocycles. The van der Waals surface area contributed by atoms with Crippen molar-refractivity contribution in [3.05, 3.63) is 41.2 Å². The summed E-state index contributed by atoms with van der Waals surface area (Å²) in [5.74, 6) is -1.90. The highest BCUT2D eigenvalue weighted by atomic mass is 32.2. The van der Waals surface area contributed by atoms with Gasteiger partial charge in [0, 0.05) is 25.7 Å². The third-order valence-electron chi connectivity index (χ3n) is 5.29. The van der Waals surface area contributed by atoms with E-state index in [1.807, 2.05) is 0 Å². The quantitative estimate of drug-likeness (QED) is 0.476. The molecule has 0 spiro atoms. The summed E-state index contributed by atoms with van der Waals surface area (Å²) in [6.45, 7) is 8.67. The second kappa shape index (κ2) is 11.3. The lowest BCUT2D eigenvalue weighted by Crippen LogP contribution is -2.36. The molecule has 0 bridgehead atoms. The molecule has 0 aliphatic carbocycles. The minimum atomic E-state index is -3.63. The molecule has 0 saturated carbocycles. The van der Waals surface area contributed by atoms with Gasteiger partial charge in [0.25, 0.3) is 11.8 Å². The van der Waals surface area contributed by atoms with Crippen LogP contribution in [0.5, 0.6) is 0 Å². The first-order valence-electron chi connectivity index (χ1n) is 10.8. The lowest BCUT2D eigenvalue weighted by Gasteiger charge is -2.18. The highest BCUT2D eigenvalue weighted by Crippen LogP contribution is 2.19. The summed E-state index contributed by atoms with van der Waals surface area (Å²) < 4.78 is 33.1. The van der Waals surface area contributed by atoms with Crippen molar-refractivity contribution in [2.75, 3.05) is 25.0 Å². The van der Waals surface area contributed by atoms with E-state index in [4.69, 9.17) is 4.74 Å². The van der Waals surface area contributed by atoms with Gasteiger partial charge in [-0.25, -0.2) is 8.42 Å². The number of esters is 1. The highest BCUT2D eigenvalue weighted by molar-refractivity contribution is 7.89. The standard InChI is InChI=1S/C22H31N5O6S/c1-7-27(8-2)34(31,32)18-11-9-17(10-12-18)22(30)23-13-19(28)33-16(5)21(29)24-20-14(3)25-26(6)15(20)4/h9-12,16H,7-8,13H2,1-6H3,(H,23,30)(H,24,29). The molecule has 34 heavy (non-hydrogen) atoms. The maximum absolute atomic E-state index is 12.5. The Morgan fingerprint density at radius 2 is 1.71 bits per heavy atom. The number of carbonyl (C=O) groups excluding carboxylic acids is 3. The van der Waals surface area contributed by atoms with Gasteiger partial charge in [-0.05, 0) is 45.0 Å². The Morgan fingerprint density at radius 3 is 2.21 bits per heavy atom. The van der Waals surface area contributed by atoms with E-state index in [1.54, 1.807) is 39.4 Å². The average molecular weight is 494 g/mol. The van der Waals surface area contributed by atoms with Gasteiger partial charge >= 0.3 is 5.97 Å². The van der Waals surface area contributed by atoms with Crippen molar-refractivity contribution in [3.8, 4) is 0 Å². The molecule has 1 aromatic heterocycles. The predicted molar refractivity (Wildman–Crippen MR) is 126 cm³/mol. The molecular formula is C22H31N5O6S. The van der Waals surface area contributed by atoms with Crippen LogP contribution in [0.4, 0.5) is 5.69 Å². The first kappa shape index (κ1) is 27.0. The fraction of sp³-hybridized carbons (Fsp3) is 0.455. The maximum atomic E-state index is 12.5. The van der Waals surface area contributed by atoms with Crippen LogP contribution in [0, 0.1) is 13.8 Å². The summed E-state index contributed by atoms with van der Waals surface area (Å²) in [6.07, 6.45) is -1.09. The molecular weight excluding hydrogens is 462 g/mol. The van der Waals surface area contributed by atoms with Crippen molar-refractivity contribution in [1.29, 1.82) is 0 Å². The van der Waals surface area contributed by atoms with E-state index >= 15 is 0 Å². The highest BCUT2D eigenvalue weighted by Gasteiger charge is 2.23. The van der Waals surface area contributed by atoms with Crippen molar-refractivity contribution in [2.45, 2.75) is 45.6 Å². The van der Waals surface area contributed by atoms with Crippen LogP contribution in [0.3, 0.4) is 0 Å². The van der Waals surface area contributed by atoms with Gasteiger partial charge in [0.1, 0.15) is 6.54 Å². The van der Waals surface area contributed by atoms with E-state index in [9.17, 15) is 22.8 Å². The number of hydrogen-bond acceptors (Lipinski definition) is 7. The summed E-state index contributed by atoms with van der Waals surface area (Å²) in [5, 5.41) is 9.30. The smallest absolute Gasteiger partial charge is 0.326 e. The van der Waals surface area contributed by atoms with Gasteiger partial charge in [-0.1, -0.05) is 13.8 Å². The maximum Gasteiger partial charge on any atom is 0.326 e. The van der Waals surface area contributed by atoms with E-state index in [0.717, 1.165) is 5.69 Å². The normalized spacial score (nSPS) is 12.3. The van der Waals surface area contributed by atoms with Crippen LogP contribution in [-0.4, -0.2) is 66.0 Å². The molecule has 1 aromatic carbocycles. The number of nitrogens with one attached hydrogen (secondary N) is 2.